The first-order chi connectivity index (χ1) is 17.1. The zero-order valence-electron chi connectivity index (χ0n) is 20.1. The molecule has 0 unspecified atom stereocenters. The van der Waals surface area contributed by atoms with Crippen molar-refractivity contribution in [2.45, 2.75) is 32.7 Å². The van der Waals surface area contributed by atoms with Crippen LogP contribution in [-0.4, -0.2) is 65.2 Å². The molecule has 1 fully saturated rings. The monoisotopic (exact) mass is 474 g/mol. The topological polar surface area (TPSA) is 96.8 Å². The van der Waals surface area contributed by atoms with Crippen molar-refractivity contribution in [1.82, 2.24) is 15.1 Å². The number of carbonyl (C=O) groups is 1. The van der Waals surface area contributed by atoms with Gasteiger partial charge in [0.1, 0.15) is 11.4 Å². The van der Waals surface area contributed by atoms with Gasteiger partial charge in [0.25, 0.3) is 0 Å². The van der Waals surface area contributed by atoms with E-state index < -0.39 is 5.97 Å². The minimum absolute atomic E-state index is 0.0481. The largest absolute Gasteiger partial charge is 0.480 e. The second-order valence-corrected chi connectivity index (χ2v) is 8.40. The highest BCUT2D eigenvalue weighted by atomic mass is 16.7. The molecular formula is C27H30N4O4. The number of nitrogens with zero attached hydrogens (tertiary/aromatic N) is 3. The summed E-state index contributed by atoms with van der Waals surface area (Å²) < 4.78 is 11.3. The van der Waals surface area contributed by atoms with Crippen molar-refractivity contribution in [2.75, 3.05) is 38.4 Å². The lowest BCUT2D eigenvalue weighted by atomic mass is 10.0. The third-order valence-electron chi connectivity index (χ3n) is 5.90. The van der Waals surface area contributed by atoms with Crippen LogP contribution >= 0.6 is 0 Å². The Labute approximate surface area is 205 Å². The fraction of sp³-hybridized carbons (Fsp3) is 0.370. The van der Waals surface area contributed by atoms with Crippen LogP contribution in [-0.2, 0) is 9.53 Å². The van der Waals surface area contributed by atoms with Gasteiger partial charge in [-0.1, -0.05) is 30.2 Å². The van der Waals surface area contributed by atoms with Gasteiger partial charge in [-0.25, -0.2) is 0 Å². The Balaban J connectivity index is 1.67. The number of benzene rings is 2. The molecule has 0 amide bonds. The number of fused-ring (bicyclic) bond motifs is 1. The van der Waals surface area contributed by atoms with Crippen molar-refractivity contribution in [3.8, 4) is 28.8 Å². The SMILES string of the molecule is CC#Cc1ccc(-c2nnc(N[C@@H]3CCCN(CC(=O)O)C3)c3ccccc23)c(OCOCC)c1. The average Bonchev–Trinajstić information content (AvgIpc) is 2.85. The molecule has 3 aromatic rings. The molecule has 2 heterocycles. The minimum Gasteiger partial charge on any atom is -0.480 e. The summed E-state index contributed by atoms with van der Waals surface area (Å²) in [5, 5.41) is 23.7. The van der Waals surface area contributed by atoms with E-state index in [1.54, 1.807) is 6.92 Å². The van der Waals surface area contributed by atoms with Crippen molar-refractivity contribution >= 4 is 22.6 Å². The van der Waals surface area contributed by atoms with E-state index in [9.17, 15) is 4.79 Å². The van der Waals surface area contributed by atoms with Gasteiger partial charge in [0.2, 0.25) is 0 Å². The van der Waals surface area contributed by atoms with Crippen LogP contribution in [0.2, 0.25) is 0 Å². The second kappa shape index (κ2) is 11.6. The number of likely N-dealkylation sites (tertiary alicyclic amines) is 1. The van der Waals surface area contributed by atoms with Crippen LogP contribution in [0.5, 0.6) is 5.75 Å². The summed E-state index contributed by atoms with van der Waals surface area (Å²) in [5.41, 5.74) is 2.37. The molecule has 1 saturated heterocycles. The molecule has 0 bridgehead atoms. The normalized spacial score (nSPS) is 15.9. The highest BCUT2D eigenvalue weighted by Gasteiger charge is 2.23. The summed E-state index contributed by atoms with van der Waals surface area (Å²) in [5.74, 6) is 6.50. The van der Waals surface area contributed by atoms with Crippen LogP contribution in [0.3, 0.4) is 0 Å². The van der Waals surface area contributed by atoms with Crippen LogP contribution in [0.4, 0.5) is 5.82 Å². The molecule has 2 N–H and O–H groups in total. The van der Waals surface area contributed by atoms with Gasteiger partial charge in [-0.05, 0) is 51.4 Å². The minimum atomic E-state index is -0.807. The van der Waals surface area contributed by atoms with Crippen molar-refractivity contribution in [3.05, 3.63) is 48.0 Å². The van der Waals surface area contributed by atoms with Gasteiger partial charge < -0.3 is 19.9 Å². The summed E-state index contributed by atoms with van der Waals surface area (Å²) >= 11 is 0. The Bertz CT molecular complexity index is 1250. The Morgan fingerprint density at radius 3 is 2.83 bits per heavy atom. The Morgan fingerprint density at radius 2 is 2.06 bits per heavy atom. The molecule has 0 spiro atoms. The maximum absolute atomic E-state index is 11.1. The summed E-state index contributed by atoms with van der Waals surface area (Å²) in [6.07, 6.45) is 1.88. The quantitative estimate of drug-likeness (QED) is 0.273. The lowest BCUT2D eigenvalue weighted by molar-refractivity contribution is -0.138. The first kappa shape index (κ1) is 24.5. The van der Waals surface area contributed by atoms with Crippen LogP contribution in [0, 0.1) is 11.8 Å². The Hall–Kier alpha value is -3.67. The summed E-state index contributed by atoms with van der Waals surface area (Å²) in [6, 6.07) is 13.9. The number of hydrogen-bond donors (Lipinski definition) is 2. The lowest BCUT2D eigenvalue weighted by Gasteiger charge is -2.32. The highest BCUT2D eigenvalue weighted by Crippen LogP contribution is 2.36. The fourth-order valence-corrected chi connectivity index (χ4v) is 4.36. The number of rotatable bonds is 9. The molecule has 0 saturated carbocycles. The Morgan fingerprint density at radius 1 is 1.23 bits per heavy atom. The maximum Gasteiger partial charge on any atom is 0.317 e. The fourth-order valence-electron chi connectivity index (χ4n) is 4.36. The van der Waals surface area contributed by atoms with Gasteiger partial charge in [0.05, 0.1) is 6.54 Å². The van der Waals surface area contributed by atoms with Crippen molar-refractivity contribution in [3.63, 3.8) is 0 Å². The molecular weight excluding hydrogens is 444 g/mol. The smallest absolute Gasteiger partial charge is 0.317 e. The third kappa shape index (κ3) is 6.07. The lowest BCUT2D eigenvalue weighted by Crippen LogP contribution is -2.44. The molecule has 1 aromatic heterocycles. The molecule has 1 aliphatic heterocycles. The number of hydrogen-bond acceptors (Lipinski definition) is 7. The molecule has 0 radical (unpaired) electrons. The highest BCUT2D eigenvalue weighted by molar-refractivity contribution is 6.01. The maximum atomic E-state index is 11.1. The van der Waals surface area contributed by atoms with Gasteiger partial charge in [0, 0.05) is 41.1 Å². The number of anilines is 1. The summed E-state index contributed by atoms with van der Waals surface area (Å²) in [7, 11) is 0. The first-order valence-corrected chi connectivity index (χ1v) is 11.8. The van der Waals surface area contributed by atoms with Crippen LogP contribution in [0.15, 0.2) is 42.5 Å². The van der Waals surface area contributed by atoms with E-state index >= 15 is 0 Å². The number of aliphatic carboxylic acids is 1. The van der Waals surface area contributed by atoms with E-state index in [4.69, 9.17) is 14.6 Å². The van der Waals surface area contributed by atoms with Gasteiger partial charge in [0.15, 0.2) is 12.6 Å². The average molecular weight is 475 g/mol. The molecule has 1 atom stereocenters. The zero-order chi connectivity index (χ0) is 24.6. The van der Waals surface area contributed by atoms with Gasteiger partial charge in [-0.15, -0.1) is 16.1 Å². The molecule has 2 aromatic carbocycles. The molecule has 35 heavy (non-hydrogen) atoms. The van der Waals surface area contributed by atoms with Gasteiger partial charge >= 0.3 is 5.97 Å². The van der Waals surface area contributed by atoms with E-state index in [0.29, 0.717) is 30.4 Å². The molecule has 0 aliphatic carbocycles. The van der Waals surface area contributed by atoms with Crippen LogP contribution < -0.4 is 10.1 Å². The van der Waals surface area contributed by atoms with E-state index in [2.05, 4.69) is 27.4 Å². The summed E-state index contributed by atoms with van der Waals surface area (Å²) in [4.78, 5) is 13.1. The van der Waals surface area contributed by atoms with E-state index in [1.165, 1.54) is 0 Å². The standard InChI is InChI=1S/C27H30N4O4/c1-3-8-19-12-13-23(24(15-19)35-18-34-4-2)26-21-10-5-6-11-22(21)27(30-29-26)28-20-9-7-14-31(16-20)17-25(32)33/h5-6,10-13,15,20H,4,7,9,14,16-18H2,1-2H3,(H,28,30)(H,32,33)/t20-/m1/s1. The Kier molecular flexibility index (Phi) is 8.14. The number of ether oxygens (including phenoxy) is 2. The van der Waals surface area contributed by atoms with Crippen molar-refractivity contribution < 1.29 is 19.4 Å². The molecule has 8 nitrogen and oxygen atoms in total. The number of nitrogens with one attached hydrogen (secondary N) is 1. The predicted molar refractivity (Wildman–Crippen MR) is 135 cm³/mol. The summed E-state index contributed by atoms with van der Waals surface area (Å²) in [6.45, 7) is 5.89. The number of carboxylic acid groups (broad SMARTS) is 1. The zero-order valence-corrected chi connectivity index (χ0v) is 20.1. The predicted octanol–water partition coefficient (Wildman–Crippen LogP) is 4.00. The van der Waals surface area contributed by atoms with Crippen molar-refractivity contribution in [1.29, 1.82) is 0 Å². The van der Waals surface area contributed by atoms with E-state index in [-0.39, 0.29) is 19.4 Å². The van der Waals surface area contributed by atoms with Crippen LogP contribution in [0.1, 0.15) is 32.3 Å². The first-order valence-electron chi connectivity index (χ1n) is 11.8. The molecule has 4 rings (SSSR count). The molecule has 182 valence electrons. The van der Waals surface area contributed by atoms with E-state index in [1.807, 2.05) is 54.3 Å². The number of aromatic nitrogens is 2. The molecule has 1 aliphatic rings. The molecule has 8 heteroatoms. The third-order valence-corrected chi connectivity index (χ3v) is 5.90. The van der Waals surface area contributed by atoms with Gasteiger partial charge in [-0.2, -0.15) is 0 Å². The number of carboxylic acids is 1. The van der Waals surface area contributed by atoms with Crippen molar-refractivity contribution in [2.24, 2.45) is 0 Å². The van der Waals surface area contributed by atoms with Crippen LogP contribution in [0.25, 0.3) is 22.0 Å². The van der Waals surface area contributed by atoms with Gasteiger partial charge in [-0.3, -0.25) is 9.69 Å². The van der Waals surface area contributed by atoms with E-state index in [0.717, 1.165) is 41.3 Å². The second-order valence-electron chi connectivity index (χ2n) is 8.40. The number of piperidine rings is 1.